The van der Waals surface area contributed by atoms with Crippen molar-refractivity contribution in [2.45, 2.75) is 13.3 Å². The molecule has 2 aromatic carbocycles. The minimum atomic E-state index is -0.161. The summed E-state index contributed by atoms with van der Waals surface area (Å²) in [7, 11) is 7.20. The van der Waals surface area contributed by atoms with Crippen molar-refractivity contribution in [3.8, 4) is 11.5 Å². The number of anilines is 1. The van der Waals surface area contributed by atoms with Crippen LogP contribution in [-0.2, 0) is 0 Å². The van der Waals surface area contributed by atoms with Gasteiger partial charge in [-0.2, -0.15) is 0 Å². The molecule has 0 radical (unpaired) electrons. The highest BCUT2D eigenvalue weighted by Crippen LogP contribution is 2.40. The summed E-state index contributed by atoms with van der Waals surface area (Å²) in [4.78, 5) is 33.5. The summed E-state index contributed by atoms with van der Waals surface area (Å²) in [5.41, 5.74) is 1.75. The Balaban J connectivity index is 2.02. The number of hydrogen-bond donors (Lipinski definition) is 0. The van der Waals surface area contributed by atoms with Crippen LogP contribution in [0.1, 0.15) is 34.1 Å². The molecular formula is C23H27N3O4S. The molecule has 1 aromatic heterocycles. The summed E-state index contributed by atoms with van der Waals surface area (Å²) in [5.74, 6) is 1.12. The van der Waals surface area contributed by atoms with Crippen LogP contribution in [0.3, 0.4) is 0 Å². The lowest BCUT2D eigenvalue weighted by molar-refractivity contribution is 0.0981. The molecule has 0 saturated carbocycles. The number of fused-ring (bicyclic) bond motifs is 1. The first kappa shape index (κ1) is 22.7. The molecule has 0 saturated heterocycles. The molecule has 3 rings (SSSR count). The minimum absolute atomic E-state index is 0.0350. The molecule has 0 aliphatic rings. The average molecular weight is 442 g/mol. The van der Waals surface area contributed by atoms with E-state index in [1.807, 2.05) is 26.2 Å². The number of aromatic nitrogens is 1. The van der Waals surface area contributed by atoms with Crippen LogP contribution in [0.25, 0.3) is 10.2 Å². The highest BCUT2D eigenvalue weighted by molar-refractivity contribution is 7.22. The third kappa shape index (κ3) is 5.03. The highest BCUT2D eigenvalue weighted by Gasteiger charge is 2.23. The second-order valence-corrected chi connectivity index (χ2v) is 8.37. The third-order valence-electron chi connectivity index (χ3n) is 4.90. The van der Waals surface area contributed by atoms with E-state index in [1.165, 1.54) is 18.3 Å². The first-order valence-corrected chi connectivity index (χ1v) is 10.8. The fourth-order valence-corrected chi connectivity index (χ4v) is 4.32. The number of amides is 1. The van der Waals surface area contributed by atoms with Gasteiger partial charge in [-0.3, -0.25) is 14.5 Å². The zero-order valence-electron chi connectivity index (χ0n) is 18.5. The van der Waals surface area contributed by atoms with Crippen molar-refractivity contribution in [1.82, 2.24) is 9.88 Å². The summed E-state index contributed by atoms with van der Waals surface area (Å²) in [6, 6.07) is 10.4. The van der Waals surface area contributed by atoms with Gasteiger partial charge in [0.25, 0.3) is 5.91 Å². The smallest absolute Gasteiger partial charge is 0.260 e. The summed E-state index contributed by atoms with van der Waals surface area (Å²) < 4.78 is 11.8. The molecule has 0 bridgehead atoms. The number of carbonyl (C=O) groups is 2. The second kappa shape index (κ2) is 9.89. The molecule has 0 atom stereocenters. The Hall–Kier alpha value is -2.97. The van der Waals surface area contributed by atoms with Crippen LogP contribution >= 0.6 is 11.3 Å². The number of benzene rings is 2. The van der Waals surface area contributed by atoms with E-state index in [-0.39, 0.29) is 11.7 Å². The van der Waals surface area contributed by atoms with Gasteiger partial charge in [-0.15, -0.1) is 0 Å². The molecule has 8 heteroatoms. The van der Waals surface area contributed by atoms with Crippen molar-refractivity contribution in [1.29, 1.82) is 0 Å². The Labute approximate surface area is 186 Å². The SMILES string of the molecule is COc1ccc(OC)c2sc(N(CCCN(C)C)C(=O)c3ccc(C(C)=O)cc3)nc12. The van der Waals surface area contributed by atoms with Crippen LogP contribution in [0.4, 0.5) is 5.13 Å². The van der Waals surface area contributed by atoms with Crippen LogP contribution < -0.4 is 14.4 Å². The van der Waals surface area contributed by atoms with E-state index in [4.69, 9.17) is 14.5 Å². The molecule has 7 nitrogen and oxygen atoms in total. The Morgan fingerprint density at radius 2 is 1.55 bits per heavy atom. The second-order valence-electron chi connectivity index (χ2n) is 7.39. The van der Waals surface area contributed by atoms with Crippen LogP contribution in [-0.4, -0.2) is 63.0 Å². The normalized spacial score (nSPS) is 11.0. The maximum atomic E-state index is 13.4. The Morgan fingerprint density at radius 1 is 0.935 bits per heavy atom. The predicted molar refractivity (Wildman–Crippen MR) is 124 cm³/mol. The molecule has 0 fully saturated rings. The number of ketones is 1. The van der Waals surface area contributed by atoms with Gasteiger partial charge in [0, 0.05) is 17.7 Å². The lowest BCUT2D eigenvalue weighted by atomic mass is 10.1. The number of nitrogens with zero attached hydrogens (tertiary/aromatic N) is 3. The van der Waals surface area contributed by atoms with Gasteiger partial charge in [-0.05, 0) is 58.3 Å². The molecule has 3 aromatic rings. The largest absolute Gasteiger partial charge is 0.495 e. The third-order valence-corrected chi connectivity index (χ3v) is 5.99. The summed E-state index contributed by atoms with van der Waals surface area (Å²) in [5, 5.41) is 0.581. The first-order valence-electron chi connectivity index (χ1n) is 9.94. The monoisotopic (exact) mass is 441 g/mol. The maximum Gasteiger partial charge on any atom is 0.260 e. The standard InChI is InChI=1S/C23H27N3O4S/c1-15(27)16-7-9-17(10-8-16)22(28)26(14-6-13-25(2)3)23-24-20-18(29-4)11-12-19(30-5)21(20)31-23/h7-12H,6,13-14H2,1-5H3. The van der Waals surface area contributed by atoms with Crippen molar-refractivity contribution in [2.24, 2.45) is 0 Å². The van der Waals surface area contributed by atoms with E-state index in [2.05, 4.69) is 4.90 Å². The van der Waals surface area contributed by atoms with Crippen LogP contribution in [0, 0.1) is 0 Å². The van der Waals surface area contributed by atoms with Crippen molar-refractivity contribution in [3.63, 3.8) is 0 Å². The molecule has 0 aliphatic carbocycles. The van der Waals surface area contributed by atoms with Gasteiger partial charge >= 0.3 is 0 Å². The number of ether oxygens (including phenoxy) is 2. The average Bonchev–Trinajstić information content (AvgIpc) is 3.20. The Morgan fingerprint density at radius 3 is 2.13 bits per heavy atom. The highest BCUT2D eigenvalue weighted by atomic mass is 32.1. The molecule has 0 spiro atoms. The van der Waals surface area contributed by atoms with E-state index in [0.29, 0.717) is 39.8 Å². The lowest BCUT2D eigenvalue weighted by Gasteiger charge is -2.21. The maximum absolute atomic E-state index is 13.4. The van der Waals surface area contributed by atoms with E-state index < -0.39 is 0 Å². The van der Waals surface area contributed by atoms with Gasteiger partial charge in [0.15, 0.2) is 10.9 Å². The van der Waals surface area contributed by atoms with E-state index in [1.54, 1.807) is 43.4 Å². The zero-order valence-corrected chi connectivity index (χ0v) is 19.3. The number of hydrogen-bond acceptors (Lipinski definition) is 7. The fourth-order valence-electron chi connectivity index (χ4n) is 3.22. The number of rotatable bonds is 9. The van der Waals surface area contributed by atoms with Gasteiger partial charge in [0.1, 0.15) is 21.7 Å². The summed E-state index contributed by atoms with van der Waals surface area (Å²) >= 11 is 1.40. The van der Waals surface area contributed by atoms with Gasteiger partial charge < -0.3 is 14.4 Å². The molecule has 31 heavy (non-hydrogen) atoms. The number of thiazole rings is 1. The number of carbonyl (C=O) groups excluding carboxylic acids is 2. The fraction of sp³-hybridized carbons (Fsp3) is 0.348. The van der Waals surface area contributed by atoms with E-state index >= 15 is 0 Å². The van der Waals surface area contributed by atoms with E-state index in [9.17, 15) is 9.59 Å². The number of Topliss-reactive ketones (excluding diaryl/α,β-unsaturated/α-hetero) is 1. The Kier molecular flexibility index (Phi) is 7.25. The van der Waals surface area contributed by atoms with Crippen LogP contribution in [0.15, 0.2) is 36.4 Å². The molecule has 1 amide bonds. The lowest BCUT2D eigenvalue weighted by Crippen LogP contribution is -2.33. The molecule has 0 unspecified atom stereocenters. The predicted octanol–water partition coefficient (Wildman–Crippen LogP) is 4.11. The van der Waals surface area contributed by atoms with Crippen molar-refractivity contribution < 1.29 is 19.1 Å². The van der Waals surface area contributed by atoms with Gasteiger partial charge in [0.05, 0.1) is 14.2 Å². The summed E-state index contributed by atoms with van der Waals surface area (Å²) in [6.07, 6.45) is 0.786. The molecular weight excluding hydrogens is 414 g/mol. The van der Waals surface area contributed by atoms with E-state index in [0.717, 1.165) is 17.7 Å². The number of methoxy groups -OCH3 is 2. The van der Waals surface area contributed by atoms with Crippen LogP contribution in [0.5, 0.6) is 11.5 Å². The van der Waals surface area contributed by atoms with Crippen molar-refractivity contribution >= 4 is 38.4 Å². The topological polar surface area (TPSA) is 72.0 Å². The first-order chi connectivity index (χ1) is 14.8. The molecule has 1 heterocycles. The van der Waals surface area contributed by atoms with Crippen molar-refractivity contribution in [3.05, 3.63) is 47.5 Å². The summed E-state index contributed by atoms with van der Waals surface area (Å²) in [6.45, 7) is 2.85. The van der Waals surface area contributed by atoms with Crippen molar-refractivity contribution in [2.75, 3.05) is 46.3 Å². The molecule has 164 valence electrons. The minimum Gasteiger partial charge on any atom is -0.495 e. The van der Waals surface area contributed by atoms with Gasteiger partial charge in [-0.1, -0.05) is 23.5 Å². The van der Waals surface area contributed by atoms with Crippen LogP contribution in [0.2, 0.25) is 0 Å². The quantitative estimate of drug-likeness (QED) is 0.465. The van der Waals surface area contributed by atoms with Gasteiger partial charge in [-0.25, -0.2) is 4.98 Å². The molecule has 0 N–H and O–H groups in total. The van der Waals surface area contributed by atoms with Gasteiger partial charge in [0.2, 0.25) is 0 Å². The Bertz CT molecular complexity index is 1040. The zero-order chi connectivity index (χ0) is 22.5. The molecule has 0 aliphatic heterocycles.